The third-order valence-corrected chi connectivity index (χ3v) is 73.7. The Morgan fingerprint density at radius 3 is 1.44 bits per heavy atom. The fourth-order valence-corrected chi connectivity index (χ4v) is 119. The molecule has 2 aromatic carbocycles. The van der Waals surface area contributed by atoms with Gasteiger partial charge >= 0.3 is 150 Å². The van der Waals surface area contributed by atoms with E-state index >= 15 is 0 Å². The van der Waals surface area contributed by atoms with Crippen molar-refractivity contribution in [1.29, 1.82) is 0 Å². The first-order valence-electron chi connectivity index (χ1n) is 9.80. The van der Waals surface area contributed by atoms with Crippen molar-refractivity contribution in [2.45, 2.75) is 45.4 Å². The summed E-state index contributed by atoms with van der Waals surface area (Å²) < 4.78 is 1.65. The molecule has 10 fully saturated rings. The number of benzene rings is 2. The summed E-state index contributed by atoms with van der Waals surface area (Å²) in [6.45, 7) is -3.28. The van der Waals surface area contributed by atoms with Gasteiger partial charge in [0, 0.05) is 0 Å². The van der Waals surface area contributed by atoms with Crippen LogP contribution in [0.25, 0.3) is 0 Å². The monoisotopic (exact) mass is 475 g/mol. The van der Waals surface area contributed by atoms with Crippen molar-refractivity contribution in [3.05, 3.63) is 60.7 Å². The predicted octanol–water partition coefficient (Wildman–Crippen LogP) is 5.29. The summed E-state index contributed by atoms with van der Waals surface area (Å²) in [5, 5.41) is 3.42. The van der Waals surface area contributed by atoms with Crippen LogP contribution in [0.2, 0.25) is 41.3 Å². The Bertz CT molecular complexity index is 1440. The minimum atomic E-state index is -3.28. The summed E-state index contributed by atoms with van der Waals surface area (Å²) in [6.07, 6.45) is 0. The van der Waals surface area contributed by atoms with E-state index in [4.69, 9.17) is 0 Å². The van der Waals surface area contributed by atoms with Crippen molar-refractivity contribution in [1.82, 2.24) is 0 Å². The van der Waals surface area contributed by atoms with E-state index in [0.717, 1.165) is 6.84 Å². The van der Waals surface area contributed by atoms with Gasteiger partial charge in [0.25, 0.3) is 0 Å². The van der Waals surface area contributed by atoms with Gasteiger partial charge in [0.1, 0.15) is 0 Å². The zero-order chi connectivity index (χ0) is 15.7. The molecular weight excluding hydrogens is 457 g/mol. The second kappa shape index (κ2) is 1.28. The summed E-state index contributed by atoms with van der Waals surface area (Å²) in [5.41, 5.74) is 0. The first-order chi connectivity index (χ1) is 12.0. The Balaban J connectivity index is 1.33. The molecule has 0 aliphatic carbocycles. The quantitative estimate of drug-likeness (QED) is 0.418. The van der Waals surface area contributed by atoms with Gasteiger partial charge in [-0.1, -0.05) is 0 Å². The van der Waals surface area contributed by atoms with E-state index < -0.39 is 6.51 Å². The summed E-state index contributed by atoms with van der Waals surface area (Å²) >= 11 is 4.34. The van der Waals surface area contributed by atoms with Crippen LogP contribution < -0.4 is 10.6 Å². The standard InChI is InChI=1S/C17H13P.C5H5.Fe.Pd/c1-3-9-15(10-4-1)18(17-13-7-8-14-17)16-11-5-2-6-12-16;1-2-4-5-3-1;;/h1-13H;1-5H;;. The Morgan fingerprint density at radius 2 is 1.16 bits per heavy atom. The van der Waals surface area contributed by atoms with E-state index in [1.54, 1.807) is 10.6 Å². The number of hydrogen-bond donors (Lipinski definition) is 0. The van der Waals surface area contributed by atoms with Crippen molar-refractivity contribution < 1.29 is 25.7 Å². The van der Waals surface area contributed by atoms with Gasteiger partial charge in [-0.2, -0.15) is 0 Å². The molecule has 3 heteroatoms. The topological polar surface area (TPSA) is 0 Å². The second-order valence-corrected chi connectivity index (χ2v) is 40.5. The molecule has 0 saturated carbocycles. The van der Waals surface area contributed by atoms with Crippen LogP contribution in [0, 0.1) is 0 Å². The van der Waals surface area contributed by atoms with Crippen LogP contribution in [0.3, 0.4) is 0 Å². The number of rotatable bonds is 3. The molecule has 0 bridgehead atoms. The molecule has 1 spiro atoms. The van der Waals surface area contributed by atoms with E-state index in [1.165, 1.54) is 38.5 Å². The Kier molecular flexibility index (Phi) is 0.569. The van der Waals surface area contributed by atoms with Crippen molar-refractivity contribution >= 4 is 18.5 Å². The zero-order valence-corrected chi connectivity index (χ0v) is 17.1. The third kappa shape index (κ3) is 0.177. The van der Waals surface area contributed by atoms with Crippen molar-refractivity contribution in [2.24, 2.45) is 0 Å². The normalized spacial score (nSPS) is 87.8. The molecule has 0 aromatic heterocycles. The molecule has 10 aliphatic rings. The van der Waals surface area contributed by atoms with E-state index in [9.17, 15) is 0 Å². The number of fused-ring (bicyclic) bond motifs is 10. The van der Waals surface area contributed by atoms with Gasteiger partial charge in [0.05, 0.1) is 0 Å². The summed E-state index contributed by atoms with van der Waals surface area (Å²) in [5.74, 6) is 0. The number of hydrogen-bond acceptors (Lipinski definition) is 0. The third-order valence-electron chi connectivity index (χ3n) is 16.9. The molecule has 25 heavy (non-hydrogen) atoms. The molecular formula is C22H18FePPd. The molecule has 10 heterocycles. The molecule has 5 unspecified atom stereocenters. The van der Waals surface area contributed by atoms with Crippen LogP contribution >= 0.6 is 7.92 Å². The zero-order valence-electron chi connectivity index (χ0n) is 13.5. The molecule has 2 aromatic rings. The molecule has 10 saturated heterocycles. The molecule has 10 aliphatic heterocycles. The molecule has 5 atom stereocenters. The van der Waals surface area contributed by atoms with Crippen LogP contribution in [0.1, 0.15) is 0 Å². The Morgan fingerprint density at radius 1 is 0.680 bits per heavy atom. The fourth-order valence-electron chi connectivity index (χ4n) is 18.3. The molecule has 0 amide bonds. The van der Waals surface area contributed by atoms with Gasteiger partial charge < -0.3 is 0 Å². The van der Waals surface area contributed by atoms with E-state index in [2.05, 4.69) is 79.9 Å². The molecule has 0 N–H and O–H groups in total. The summed E-state index contributed by atoms with van der Waals surface area (Å²) in [4.78, 5) is 10.9. The van der Waals surface area contributed by atoms with Crippen LogP contribution in [0.5, 0.6) is 0 Å². The first kappa shape index (κ1) is 11.2. The Hall–Kier alpha value is 0.0518. The van der Waals surface area contributed by atoms with Crippen molar-refractivity contribution in [3.63, 3.8) is 0 Å². The maximum atomic E-state index is 4.34. The average molecular weight is 476 g/mol. The van der Waals surface area contributed by atoms with E-state index in [1.807, 2.05) is 0 Å². The van der Waals surface area contributed by atoms with E-state index in [0.29, 0.717) is 0 Å². The van der Waals surface area contributed by atoms with Crippen LogP contribution in [-0.4, -0.2) is 4.05 Å². The van der Waals surface area contributed by atoms with E-state index in [-0.39, 0.29) is 7.92 Å². The second-order valence-electron chi connectivity index (χ2n) is 12.6. The van der Waals surface area contributed by atoms with Crippen LogP contribution in [0.4, 0.5) is 0 Å². The van der Waals surface area contributed by atoms with Gasteiger partial charge in [-0.3, -0.25) is 0 Å². The first-order valence-corrected chi connectivity index (χ1v) is 18.1. The maximum absolute atomic E-state index is 4.34. The molecule has 12 rings (SSSR count). The summed E-state index contributed by atoms with van der Waals surface area (Å²) in [6, 6.07) is 23.6. The molecule has 0 radical (unpaired) electrons. The van der Waals surface area contributed by atoms with Crippen molar-refractivity contribution in [3.8, 4) is 0 Å². The fraction of sp³-hybridized carbons (Fsp3) is 0.455. The van der Waals surface area contributed by atoms with Gasteiger partial charge in [0.15, 0.2) is 0 Å². The minimum absolute atomic E-state index is 0.154. The summed E-state index contributed by atoms with van der Waals surface area (Å²) in [7, 11) is -0.154. The predicted molar refractivity (Wildman–Crippen MR) is 94.5 cm³/mol. The average Bonchev–Trinajstić information content (AvgIpc) is 3.60. The SMILES string of the molecule is [Pd][C]12[CH]3[CH]4[CH]5[C]1(P(c1ccccc1)c1ccccc1)[Fe]43521678[CH]2[CH]1[CH]6[CH]7[CH]28. The molecule has 0 nitrogen and oxygen atoms in total. The van der Waals surface area contributed by atoms with Gasteiger partial charge in [-0.05, 0) is 0 Å². The van der Waals surface area contributed by atoms with Gasteiger partial charge in [0.2, 0.25) is 0 Å². The van der Waals surface area contributed by atoms with Crippen LogP contribution in [0.15, 0.2) is 60.7 Å². The van der Waals surface area contributed by atoms with Gasteiger partial charge in [-0.25, -0.2) is 0 Å². The van der Waals surface area contributed by atoms with Gasteiger partial charge in [-0.15, -0.1) is 0 Å². The van der Waals surface area contributed by atoms with Crippen LogP contribution in [-0.2, 0) is 25.7 Å². The van der Waals surface area contributed by atoms with Crippen molar-refractivity contribution in [2.75, 3.05) is 0 Å². The molecule has 129 valence electrons. The Labute approximate surface area is 149 Å².